The summed E-state index contributed by atoms with van der Waals surface area (Å²) >= 11 is 6.75. The van der Waals surface area contributed by atoms with Crippen LogP contribution in [-0.2, 0) is 5.41 Å². The van der Waals surface area contributed by atoms with Crippen molar-refractivity contribution in [3.63, 3.8) is 0 Å². The minimum absolute atomic E-state index is 0.276. The molecule has 0 bridgehead atoms. The van der Waals surface area contributed by atoms with Gasteiger partial charge < -0.3 is 10.6 Å². The molecule has 206 valence electrons. The summed E-state index contributed by atoms with van der Waals surface area (Å²) in [6.07, 6.45) is 7.04. The zero-order valence-electron chi connectivity index (χ0n) is 23.6. The Kier molecular flexibility index (Phi) is 6.69. The van der Waals surface area contributed by atoms with Gasteiger partial charge in [-0.25, -0.2) is 9.07 Å². The van der Waals surface area contributed by atoms with E-state index in [1.165, 1.54) is 18.3 Å². The predicted molar refractivity (Wildman–Crippen MR) is 157 cm³/mol. The molecule has 0 radical (unpaired) electrons. The number of pyridine rings is 2. The molecule has 3 heterocycles. The van der Waals surface area contributed by atoms with Gasteiger partial charge in [-0.1, -0.05) is 48.9 Å². The maximum Gasteiger partial charge on any atom is 0.123 e. The molecule has 1 aliphatic carbocycles. The van der Waals surface area contributed by atoms with Gasteiger partial charge in [0.2, 0.25) is 0 Å². The summed E-state index contributed by atoms with van der Waals surface area (Å²) in [4.78, 5) is 8.97. The number of benzene rings is 2. The van der Waals surface area contributed by atoms with Crippen LogP contribution in [0.1, 0.15) is 62.6 Å². The van der Waals surface area contributed by atoms with Crippen molar-refractivity contribution in [1.29, 1.82) is 5.26 Å². The Bertz CT molecular complexity index is 1800. The summed E-state index contributed by atoms with van der Waals surface area (Å²) < 4.78 is 25.2. The first kappa shape index (κ1) is 25.4. The number of rotatable bonds is 9. The standard InChI is InChI=1S/C31H28ClFN8/c1-31(2,27-5-3-4-12-35-27)18-37-28-20(15-34)16-36-30-24(28)13-22(14-25(30)32)38-29(19-6-8-21(33)9-7-19)26-17-41(40-39-26)23-10-11-23/h3-9,12-14,16-17,23,29,38H,10-11,18H2,1-2H3,(H,36,37)/t29-/m1/s1/i29D. The highest BCUT2D eigenvalue weighted by molar-refractivity contribution is 6.35. The van der Waals surface area contributed by atoms with Crippen molar-refractivity contribution < 1.29 is 5.76 Å². The molecule has 41 heavy (non-hydrogen) atoms. The van der Waals surface area contributed by atoms with Crippen molar-refractivity contribution in [2.45, 2.75) is 44.2 Å². The first-order valence-corrected chi connectivity index (χ1v) is 13.7. The first-order chi connectivity index (χ1) is 20.2. The second kappa shape index (κ2) is 10.8. The first-order valence-electron chi connectivity index (χ1n) is 13.8. The minimum Gasteiger partial charge on any atom is -0.382 e. The van der Waals surface area contributed by atoms with Gasteiger partial charge in [0.25, 0.3) is 0 Å². The van der Waals surface area contributed by atoms with Crippen LogP contribution in [0.2, 0.25) is 5.02 Å². The van der Waals surface area contributed by atoms with Crippen LogP contribution in [0, 0.1) is 17.1 Å². The second-order valence-electron chi connectivity index (χ2n) is 10.8. The smallest absolute Gasteiger partial charge is 0.123 e. The Morgan fingerprint density at radius 3 is 2.71 bits per heavy atom. The van der Waals surface area contributed by atoms with Gasteiger partial charge in [0.15, 0.2) is 0 Å². The quantitative estimate of drug-likeness (QED) is 0.201. The number of nitriles is 1. The summed E-state index contributed by atoms with van der Waals surface area (Å²) in [6, 6.07) is 15.9. The van der Waals surface area contributed by atoms with E-state index in [4.69, 9.17) is 11.6 Å². The minimum atomic E-state index is -1.62. The maximum atomic E-state index is 13.9. The van der Waals surface area contributed by atoms with Gasteiger partial charge in [-0.05, 0) is 54.8 Å². The maximum absolute atomic E-state index is 13.9. The Labute approximate surface area is 243 Å². The highest BCUT2D eigenvalue weighted by atomic mass is 35.5. The van der Waals surface area contributed by atoms with E-state index >= 15 is 0 Å². The Balaban J connectivity index is 1.41. The Hall–Kier alpha value is -4.55. The van der Waals surface area contributed by atoms with Crippen LogP contribution >= 0.6 is 11.6 Å². The third kappa shape index (κ3) is 5.56. The fourth-order valence-electron chi connectivity index (χ4n) is 4.72. The number of aromatic nitrogens is 5. The molecule has 0 spiro atoms. The third-order valence-electron chi connectivity index (χ3n) is 7.20. The molecule has 8 nitrogen and oxygen atoms in total. The Morgan fingerprint density at radius 2 is 2.00 bits per heavy atom. The van der Waals surface area contributed by atoms with E-state index in [-0.39, 0.29) is 11.5 Å². The van der Waals surface area contributed by atoms with Gasteiger partial charge >= 0.3 is 0 Å². The molecule has 0 saturated heterocycles. The van der Waals surface area contributed by atoms with Crippen LogP contribution in [-0.4, -0.2) is 31.5 Å². The van der Waals surface area contributed by atoms with E-state index in [2.05, 4.69) is 50.8 Å². The van der Waals surface area contributed by atoms with Crippen LogP contribution in [0.4, 0.5) is 15.8 Å². The van der Waals surface area contributed by atoms with Gasteiger partial charge in [0.1, 0.15) is 17.6 Å². The molecule has 0 unspecified atom stereocenters. The van der Waals surface area contributed by atoms with E-state index in [0.29, 0.717) is 50.7 Å². The molecule has 3 aromatic heterocycles. The zero-order chi connectivity index (χ0) is 29.5. The molecule has 1 aliphatic rings. The number of hydrogen-bond donors (Lipinski definition) is 2. The van der Waals surface area contributed by atoms with E-state index in [1.807, 2.05) is 24.3 Å². The molecule has 10 heteroatoms. The summed E-state index contributed by atoms with van der Waals surface area (Å²) in [5.41, 5.74) is 3.33. The number of hydrogen-bond acceptors (Lipinski definition) is 7. The molecule has 2 N–H and O–H groups in total. The van der Waals surface area contributed by atoms with Crippen LogP contribution in [0.15, 0.2) is 73.2 Å². The third-order valence-corrected chi connectivity index (χ3v) is 7.49. The van der Waals surface area contributed by atoms with Crippen molar-refractivity contribution in [2.75, 3.05) is 17.2 Å². The molecular weight excluding hydrogens is 539 g/mol. The molecule has 0 aliphatic heterocycles. The largest absolute Gasteiger partial charge is 0.382 e. The van der Waals surface area contributed by atoms with Crippen molar-refractivity contribution in [3.8, 4) is 6.07 Å². The topological polar surface area (TPSA) is 104 Å². The van der Waals surface area contributed by atoms with Gasteiger partial charge in [-0.2, -0.15) is 5.26 Å². The fourth-order valence-corrected chi connectivity index (χ4v) is 4.99. The normalized spacial score (nSPS) is 15.1. The zero-order valence-corrected chi connectivity index (χ0v) is 23.3. The molecule has 1 saturated carbocycles. The van der Waals surface area contributed by atoms with Crippen LogP contribution < -0.4 is 10.6 Å². The summed E-state index contributed by atoms with van der Waals surface area (Å²) in [7, 11) is 0. The number of halogens is 2. The van der Waals surface area contributed by atoms with Crippen molar-refractivity contribution in [2.24, 2.45) is 0 Å². The molecule has 1 fully saturated rings. The van der Waals surface area contributed by atoms with Crippen molar-refractivity contribution in [3.05, 3.63) is 107 Å². The SMILES string of the molecule is [2H][C@@](Nc1cc(Cl)c2ncc(C#N)c(NCC(C)(C)c3ccccn3)c2c1)(c1ccc(F)cc1)c1cn(C2CC2)nn1. The van der Waals surface area contributed by atoms with E-state index in [0.717, 1.165) is 18.5 Å². The van der Waals surface area contributed by atoms with E-state index in [9.17, 15) is 11.0 Å². The van der Waals surface area contributed by atoms with Crippen molar-refractivity contribution >= 4 is 33.9 Å². The van der Waals surface area contributed by atoms with E-state index < -0.39 is 11.8 Å². The van der Waals surface area contributed by atoms with Crippen LogP contribution in [0.3, 0.4) is 0 Å². The average molecular weight is 568 g/mol. The molecule has 1 atom stereocenters. The lowest BCUT2D eigenvalue weighted by molar-refractivity contribution is 0.538. The molecule has 6 rings (SSSR count). The highest BCUT2D eigenvalue weighted by Crippen LogP contribution is 2.37. The van der Waals surface area contributed by atoms with Gasteiger partial charge in [-0.3, -0.25) is 9.97 Å². The molecular formula is C31H28ClFN8. The number of fused-ring (bicyclic) bond motifs is 1. The number of nitrogens with one attached hydrogen (secondary N) is 2. The summed E-state index contributed by atoms with van der Waals surface area (Å²) in [5.74, 6) is -0.407. The molecule has 2 aromatic carbocycles. The number of nitrogens with zero attached hydrogens (tertiary/aromatic N) is 6. The molecule has 0 amide bonds. The van der Waals surface area contributed by atoms with Crippen LogP contribution in [0.25, 0.3) is 10.9 Å². The number of anilines is 2. The molecule has 5 aromatic rings. The fraction of sp³-hybridized carbons (Fsp3) is 0.258. The van der Waals surface area contributed by atoms with Crippen molar-refractivity contribution in [1.82, 2.24) is 25.0 Å². The lowest BCUT2D eigenvalue weighted by Crippen LogP contribution is -2.29. The monoisotopic (exact) mass is 567 g/mol. The van der Waals surface area contributed by atoms with Gasteiger partial charge in [0, 0.05) is 41.1 Å². The van der Waals surface area contributed by atoms with Gasteiger partial charge in [0.05, 0.1) is 41.4 Å². The lowest BCUT2D eigenvalue weighted by atomic mass is 9.88. The van der Waals surface area contributed by atoms with Crippen LogP contribution in [0.5, 0.6) is 0 Å². The summed E-state index contributed by atoms with van der Waals surface area (Å²) in [5, 5.41) is 26.2. The van der Waals surface area contributed by atoms with Gasteiger partial charge in [-0.15, -0.1) is 5.10 Å². The lowest BCUT2D eigenvalue weighted by Gasteiger charge is -2.26. The average Bonchev–Trinajstić information content (AvgIpc) is 3.72. The predicted octanol–water partition coefficient (Wildman–Crippen LogP) is 6.81. The summed E-state index contributed by atoms with van der Waals surface area (Å²) in [6.45, 7) is 4.63. The highest BCUT2D eigenvalue weighted by Gasteiger charge is 2.27. The van der Waals surface area contributed by atoms with E-state index in [1.54, 1.807) is 35.3 Å². The Morgan fingerprint density at radius 1 is 1.20 bits per heavy atom. The second-order valence-corrected chi connectivity index (χ2v) is 11.2.